The highest BCUT2D eigenvalue weighted by Gasteiger charge is 2.53. The van der Waals surface area contributed by atoms with Crippen molar-refractivity contribution < 1.29 is 14.6 Å². The average molecular weight is 293 g/mol. The molecule has 2 saturated heterocycles. The third kappa shape index (κ3) is 2.07. The number of aliphatic hydroxyl groups excluding tert-OH is 1. The molecule has 0 aliphatic carbocycles. The molecule has 3 aliphatic heterocycles. The largest absolute Gasteiger partial charge is 0.455 e. The second-order valence-corrected chi connectivity index (χ2v) is 5.87. The van der Waals surface area contributed by atoms with Crippen LogP contribution in [0.25, 0.3) is 0 Å². The predicted molar refractivity (Wildman–Crippen MR) is 73.1 cm³/mol. The Balaban J connectivity index is 1.65. The fraction of sp³-hybridized carbons (Fsp3) is 0.714. The lowest BCUT2D eigenvalue weighted by atomic mass is 10.0. The molecule has 21 heavy (non-hydrogen) atoms. The van der Waals surface area contributed by atoms with Crippen LogP contribution in [0.4, 0.5) is 0 Å². The van der Waals surface area contributed by atoms with Gasteiger partial charge in [-0.25, -0.2) is 0 Å². The molecule has 7 heteroatoms. The van der Waals surface area contributed by atoms with Crippen LogP contribution in [0.15, 0.2) is 17.1 Å². The number of likely N-dealkylation sites (tertiary alicyclic amines) is 1. The Labute approximate surface area is 122 Å². The maximum absolute atomic E-state index is 11.4. The van der Waals surface area contributed by atoms with Crippen LogP contribution >= 0.6 is 0 Å². The van der Waals surface area contributed by atoms with Crippen molar-refractivity contribution in [2.45, 2.75) is 43.7 Å². The molecule has 0 aromatic carbocycles. The highest BCUT2D eigenvalue weighted by Crippen LogP contribution is 2.41. The molecule has 114 valence electrons. The molecule has 0 unspecified atom stereocenters. The van der Waals surface area contributed by atoms with Crippen molar-refractivity contribution in [2.24, 2.45) is 0 Å². The van der Waals surface area contributed by atoms with E-state index in [2.05, 4.69) is 9.88 Å². The average Bonchev–Trinajstić information content (AvgIpc) is 3.02. The molecule has 4 rings (SSSR count). The Morgan fingerprint density at radius 1 is 1.33 bits per heavy atom. The van der Waals surface area contributed by atoms with Gasteiger partial charge in [-0.15, -0.1) is 0 Å². The van der Waals surface area contributed by atoms with Gasteiger partial charge in [0, 0.05) is 12.3 Å². The molecule has 4 atom stereocenters. The summed E-state index contributed by atoms with van der Waals surface area (Å²) in [5.41, 5.74) is -0.311. The molecule has 2 fully saturated rings. The van der Waals surface area contributed by atoms with Crippen LogP contribution < -0.4 is 10.3 Å². The van der Waals surface area contributed by atoms with Crippen LogP contribution in [-0.2, 0) is 4.74 Å². The van der Waals surface area contributed by atoms with Gasteiger partial charge >= 0.3 is 6.01 Å². The lowest BCUT2D eigenvalue weighted by Crippen LogP contribution is -2.51. The summed E-state index contributed by atoms with van der Waals surface area (Å²) in [6.45, 7) is 1.97. The van der Waals surface area contributed by atoms with Gasteiger partial charge in [-0.2, -0.15) is 4.98 Å². The van der Waals surface area contributed by atoms with Gasteiger partial charge < -0.3 is 14.6 Å². The standard InChI is InChI=1S/C14H19N3O4/c18-8-9-11(16-5-2-1-3-6-16)12-13(20-9)17-7-4-10(19)15-14(17)21-12/h4,7,9,11-13,18H,1-3,5-6,8H2/t9-,11-,12+,13-/m1/s1. The number of hydrogen-bond acceptors (Lipinski definition) is 6. The molecule has 0 amide bonds. The van der Waals surface area contributed by atoms with Gasteiger partial charge in [-0.1, -0.05) is 6.42 Å². The van der Waals surface area contributed by atoms with Gasteiger partial charge in [0.2, 0.25) is 0 Å². The van der Waals surface area contributed by atoms with Crippen LogP contribution in [0.3, 0.4) is 0 Å². The molecular formula is C14H19N3O4. The summed E-state index contributed by atoms with van der Waals surface area (Å²) < 4.78 is 13.6. The first-order valence-corrected chi connectivity index (χ1v) is 7.54. The van der Waals surface area contributed by atoms with Crippen molar-refractivity contribution in [1.29, 1.82) is 0 Å². The summed E-state index contributed by atoms with van der Waals surface area (Å²) in [6, 6.07) is 1.73. The Bertz CT molecular complexity index is 584. The minimum atomic E-state index is -0.311. The molecule has 1 aromatic rings. The Kier molecular flexibility index (Phi) is 3.20. The number of rotatable bonds is 2. The van der Waals surface area contributed by atoms with Crippen molar-refractivity contribution in [3.05, 3.63) is 22.6 Å². The highest BCUT2D eigenvalue weighted by molar-refractivity contribution is 5.12. The van der Waals surface area contributed by atoms with E-state index >= 15 is 0 Å². The molecule has 0 spiro atoms. The van der Waals surface area contributed by atoms with E-state index in [9.17, 15) is 9.90 Å². The molecule has 0 saturated carbocycles. The Hall–Kier alpha value is -1.44. The number of piperidine rings is 1. The molecule has 7 nitrogen and oxygen atoms in total. The number of ether oxygens (including phenoxy) is 2. The molecule has 1 aromatic heterocycles. The number of aromatic nitrogens is 2. The van der Waals surface area contributed by atoms with Crippen molar-refractivity contribution in [3.8, 4) is 6.01 Å². The number of aliphatic hydroxyl groups is 1. The van der Waals surface area contributed by atoms with E-state index in [0.717, 1.165) is 25.9 Å². The zero-order valence-electron chi connectivity index (χ0n) is 11.7. The van der Waals surface area contributed by atoms with Gasteiger partial charge in [-0.05, 0) is 25.9 Å². The lowest BCUT2D eigenvalue weighted by Gasteiger charge is -2.35. The summed E-state index contributed by atoms with van der Waals surface area (Å²) in [7, 11) is 0. The van der Waals surface area contributed by atoms with Gasteiger partial charge in [0.1, 0.15) is 6.10 Å². The van der Waals surface area contributed by atoms with E-state index in [1.165, 1.54) is 12.5 Å². The molecule has 0 bridgehead atoms. The second kappa shape index (κ2) is 5.08. The van der Waals surface area contributed by atoms with Crippen LogP contribution in [0.5, 0.6) is 6.01 Å². The topological polar surface area (TPSA) is 76.8 Å². The second-order valence-electron chi connectivity index (χ2n) is 5.87. The van der Waals surface area contributed by atoms with E-state index in [0.29, 0.717) is 6.01 Å². The van der Waals surface area contributed by atoms with E-state index in [1.54, 1.807) is 10.8 Å². The summed E-state index contributed by atoms with van der Waals surface area (Å²) in [6.07, 6.45) is 4.45. The maximum atomic E-state index is 11.4. The Morgan fingerprint density at radius 3 is 2.90 bits per heavy atom. The van der Waals surface area contributed by atoms with Crippen molar-refractivity contribution in [3.63, 3.8) is 0 Å². The number of fused-ring (bicyclic) bond motifs is 3. The Morgan fingerprint density at radius 2 is 2.14 bits per heavy atom. The SMILES string of the molecule is O=c1ccn2c(n1)O[C@H]1[C@H](N3CCCCC3)[C@@H](CO)O[C@H]12. The summed E-state index contributed by atoms with van der Waals surface area (Å²) in [5.74, 6) is 0. The van der Waals surface area contributed by atoms with Crippen molar-refractivity contribution >= 4 is 0 Å². The van der Waals surface area contributed by atoms with Gasteiger partial charge in [0.05, 0.1) is 12.6 Å². The third-order valence-electron chi connectivity index (χ3n) is 4.63. The van der Waals surface area contributed by atoms with E-state index < -0.39 is 0 Å². The maximum Gasteiger partial charge on any atom is 0.302 e. The monoisotopic (exact) mass is 293 g/mol. The smallest absolute Gasteiger partial charge is 0.302 e. The zero-order valence-corrected chi connectivity index (χ0v) is 11.7. The van der Waals surface area contributed by atoms with Crippen molar-refractivity contribution in [2.75, 3.05) is 19.7 Å². The van der Waals surface area contributed by atoms with Crippen LogP contribution in [0.1, 0.15) is 25.5 Å². The molecular weight excluding hydrogens is 274 g/mol. The zero-order chi connectivity index (χ0) is 14.4. The minimum Gasteiger partial charge on any atom is -0.455 e. The summed E-state index contributed by atoms with van der Waals surface area (Å²) in [4.78, 5) is 17.6. The van der Waals surface area contributed by atoms with Gasteiger partial charge in [0.25, 0.3) is 5.56 Å². The predicted octanol–water partition coefficient (Wildman–Crippen LogP) is -0.252. The molecule has 1 N–H and O–H groups in total. The summed E-state index contributed by atoms with van der Waals surface area (Å²) >= 11 is 0. The summed E-state index contributed by atoms with van der Waals surface area (Å²) in [5, 5.41) is 9.63. The van der Waals surface area contributed by atoms with E-state index in [4.69, 9.17) is 9.47 Å². The van der Waals surface area contributed by atoms with Crippen LogP contribution in [-0.4, -0.2) is 57.5 Å². The first kappa shape index (κ1) is 13.2. The van der Waals surface area contributed by atoms with E-state index in [-0.39, 0.29) is 36.6 Å². The van der Waals surface area contributed by atoms with Crippen LogP contribution in [0.2, 0.25) is 0 Å². The van der Waals surface area contributed by atoms with Crippen LogP contribution in [0, 0.1) is 0 Å². The lowest BCUT2D eigenvalue weighted by molar-refractivity contribution is -0.0374. The van der Waals surface area contributed by atoms with Crippen molar-refractivity contribution in [1.82, 2.24) is 14.5 Å². The highest BCUT2D eigenvalue weighted by atomic mass is 16.6. The third-order valence-corrected chi connectivity index (χ3v) is 4.63. The normalized spacial score (nSPS) is 35.3. The van der Waals surface area contributed by atoms with E-state index in [1.807, 2.05) is 0 Å². The first-order chi connectivity index (χ1) is 10.3. The van der Waals surface area contributed by atoms with Gasteiger partial charge in [-0.3, -0.25) is 14.3 Å². The van der Waals surface area contributed by atoms with Gasteiger partial charge in [0.15, 0.2) is 12.3 Å². The molecule has 0 radical (unpaired) electrons. The molecule has 3 aliphatic rings. The fourth-order valence-electron chi connectivity index (χ4n) is 3.68. The number of hydrogen-bond donors (Lipinski definition) is 1. The molecule has 4 heterocycles. The minimum absolute atomic E-state index is 0.0112. The first-order valence-electron chi connectivity index (χ1n) is 7.54. The quantitative estimate of drug-likeness (QED) is 0.810. The fourth-order valence-corrected chi connectivity index (χ4v) is 3.68. The number of nitrogens with zero attached hydrogens (tertiary/aromatic N) is 3.